The molecule has 5 rings (SSSR count). The lowest BCUT2D eigenvalue weighted by Gasteiger charge is -2.35. The van der Waals surface area contributed by atoms with Gasteiger partial charge in [-0.25, -0.2) is 9.98 Å². The van der Waals surface area contributed by atoms with Crippen molar-refractivity contribution in [1.82, 2.24) is 9.88 Å². The Morgan fingerprint density at radius 3 is 2.97 bits per heavy atom. The van der Waals surface area contributed by atoms with E-state index in [0.717, 1.165) is 29.7 Å². The molecule has 150 valence electrons. The molecule has 2 aliphatic heterocycles. The van der Waals surface area contributed by atoms with Crippen LogP contribution >= 0.6 is 11.8 Å². The number of thioether (sulfide) groups is 1. The topological polar surface area (TPSA) is 71.6 Å². The van der Waals surface area contributed by atoms with Gasteiger partial charge in [0.25, 0.3) is 0 Å². The first-order valence-corrected chi connectivity index (χ1v) is 11.0. The first-order chi connectivity index (χ1) is 14.0. The molecular weight excluding hydrogens is 387 g/mol. The van der Waals surface area contributed by atoms with Crippen LogP contribution in [0, 0.1) is 17.8 Å². The SMILES string of the molecule is NC1=N[C@@]2(c3cccc(-c4cccnc4F)c3)CN(C(=O)CC3CC3)C[C@H]2CS1. The number of hydrogen-bond donors (Lipinski definition) is 1. The normalized spacial score (nSPS) is 26.2. The summed E-state index contributed by atoms with van der Waals surface area (Å²) < 4.78 is 14.3. The second kappa shape index (κ2) is 7.13. The summed E-state index contributed by atoms with van der Waals surface area (Å²) in [6, 6.07) is 11.3. The summed E-state index contributed by atoms with van der Waals surface area (Å²) in [4.78, 5) is 23.4. The van der Waals surface area contributed by atoms with Crippen LogP contribution in [0.4, 0.5) is 4.39 Å². The molecule has 0 unspecified atom stereocenters. The van der Waals surface area contributed by atoms with Gasteiger partial charge in [0.15, 0.2) is 5.17 Å². The highest BCUT2D eigenvalue weighted by Gasteiger charge is 2.51. The Labute approximate surface area is 173 Å². The Morgan fingerprint density at radius 1 is 1.31 bits per heavy atom. The Morgan fingerprint density at radius 2 is 2.17 bits per heavy atom. The molecule has 1 amide bonds. The largest absolute Gasteiger partial charge is 0.379 e. The third kappa shape index (κ3) is 3.41. The molecule has 7 heteroatoms. The molecule has 2 aromatic rings. The minimum atomic E-state index is -0.566. The number of aliphatic imine (C=N–C) groups is 1. The van der Waals surface area contributed by atoms with Gasteiger partial charge in [-0.1, -0.05) is 30.0 Å². The van der Waals surface area contributed by atoms with Gasteiger partial charge >= 0.3 is 0 Å². The average Bonchev–Trinajstić information content (AvgIpc) is 3.45. The van der Waals surface area contributed by atoms with Gasteiger partial charge in [0.05, 0.1) is 6.54 Å². The number of likely N-dealkylation sites (tertiary alicyclic amines) is 1. The van der Waals surface area contributed by atoms with E-state index in [0.29, 0.717) is 36.2 Å². The van der Waals surface area contributed by atoms with E-state index in [1.165, 1.54) is 6.20 Å². The zero-order chi connectivity index (χ0) is 20.0. The van der Waals surface area contributed by atoms with Crippen molar-refractivity contribution < 1.29 is 9.18 Å². The van der Waals surface area contributed by atoms with Gasteiger partial charge in [0, 0.05) is 36.4 Å². The van der Waals surface area contributed by atoms with Gasteiger partial charge < -0.3 is 10.6 Å². The lowest BCUT2D eigenvalue weighted by Crippen LogP contribution is -2.40. The van der Waals surface area contributed by atoms with Crippen molar-refractivity contribution in [1.29, 1.82) is 0 Å². The van der Waals surface area contributed by atoms with Gasteiger partial charge in [0.2, 0.25) is 11.9 Å². The molecule has 1 saturated carbocycles. The summed E-state index contributed by atoms with van der Waals surface area (Å²) in [5.41, 5.74) is 7.77. The number of carbonyl (C=O) groups excluding carboxylic acids is 1. The van der Waals surface area contributed by atoms with E-state index in [2.05, 4.69) is 4.98 Å². The van der Waals surface area contributed by atoms with Crippen molar-refractivity contribution in [3.8, 4) is 11.1 Å². The quantitative estimate of drug-likeness (QED) is 0.784. The highest BCUT2D eigenvalue weighted by atomic mass is 32.2. The van der Waals surface area contributed by atoms with Crippen molar-refractivity contribution >= 4 is 22.8 Å². The minimum absolute atomic E-state index is 0.192. The first-order valence-electron chi connectivity index (χ1n) is 10.0. The van der Waals surface area contributed by atoms with E-state index in [-0.39, 0.29) is 11.8 Å². The fourth-order valence-corrected chi connectivity index (χ4v) is 5.45. The average molecular weight is 411 g/mol. The molecule has 1 saturated heterocycles. The van der Waals surface area contributed by atoms with Crippen LogP contribution in [0.15, 0.2) is 47.6 Å². The third-order valence-electron chi connectivity index (χ3n) is 6.24. The maximum atomic E-state index is 14.3. The summed E-state index contributed by atoms with van der Waals surface area (Å²) >= 11 is 1.55. The standard InChI is InChI=1S/C22H23FN4OS/c23-20-18(5-2-8-25-20)15-3-1-4-16(10-15)22-13-27(19(28)9-14-6-7-14)11-17(22)12-29-21(24)26-22/h1-5,8,10,14,17H,6-7,9,11-13H2,(H2,24,26)/t17-,22+/m0/s1. The summed E-state index contributed by atoms with van der Waals surface area (Å²) in [6.07, 6.45) is 4.40. The molecule has 0 bridgehead atoms. The second-order valence-electron chi connectivity index (χ2n) is 8.23. The van der Waals surface area contributed by atoms with Gasteiger partial charge in [-0.2, -0.15) is 4.39 Å². The van der Waals surface area contributed by atoms with Crippen LogP contribution in [-0.2, 0) is 10.3 Å². The van der Waals surface area contributed by atoms with E-state index < -0.39 is 11.5 Å². The lowest BCUT2D eigenvalue weighted by atomic mass is 9.81. The maximum Gasteiger partial charge on any atom is 0.222 e. The molecule has 1 aromatic carbocycles. The fourth-order valence-electron chi connectivity index (χ4n) is 4.47. The molecule has 2 atom stereocenters. The number of nitrogens with two attached hydrogens (primary N) is 1. The summed E-state index contributed by atoms with van der Waals surface area (Å²) in [6.45, 7) is 1.23. The Kier molecular flexibility index (Phi) is 4.57. The molecule has 1 aromatic heterocycles. The van der Waals surface area contributed by atoms with Crippen molar-refractivity contribution in [2.45, 2.75) is 24.8 Å². The Hall–Kier alpha value is -2.41. The number of amides is 1. The van der Waals surface area contributed by atoms with Gasteiger partial charge in [-0.3, -0.25) is 4.79 Å². The highest BCUT2D eigenvalue weighted by Crippen LogP contribution is 2.46. The van der Waals surface area contributed by atoms with Crippen LogP contribution in [0.25, 0.3) is 11.1 Å². The Bertz CT molecular complexity index is 992. The number of carbonyl (C=O) groups is 1. The monoisotopic (exact) mass is 410 g/mol. The van der Waals surface area contributed by atoms with Gasteiger partial charge in [-0.05, 0) is 48.1 Å². The smallest absolute Gasteiger partial charge is 0.222 e. The van der Waals surface area contributed by atoms with Crippen LogP contribution in [0.3, 0.4) is 0 Å². The number of benzene rings is 1. The number of aromatic nitrogens is 1. The molecule has 0 spiro atoms. The number of nitrogens with zero attached hydrogens (tertiary/aromatic N) is 3. The summed E-state index contributed by atoms with van der Waals surface area (Å²) in [5.74, 6) is 1.30. The van der Waals surface area contributed by atoms with Crippen LogP contribution in [-0.4, -0.2) is 39.8 Å². The predicted octanol–water partition coefficient (Wildman–Crippen LogP) is 3.40. The second-order valence-corrected chi connectivity index (χ2v) is 9.27. The third-order valence-corrected chi connectivity index (χ3v) is 7.19. The van der Waals surface area contributed by atoms with E-state index >= 15 is 0 Å². The molecule has 3 heterocycles. The number of fused-ring (bicyclic) bond motifs is 1. The van der Waals surface area contributed by atoms with Gasteiger partial charge in [0.1, 0.15) is 5.54 Å². The van der Waals surface area contributed by atoms with Crippen LogP contribution in [0.5, 0.6) is 0 Å². The number of rotatable bonds is 4. The van der Waals surface area contributed by atoms with E-state index in [1.807, 2.05) is 29.2 Å². The Balaban J connectivity index is 1.53. The maximum absolute atomic E-state index is 14.3. The lowest BCUT2D eigenvalue weighted by molar-refractivity contribution is -0.130. The first kappa shape index (κ1) is 18.6. The van der Waals surface area contributed by atoms with E-state index in [4.69, 9.17) is 10.7 Å². The number of pyridine rings is 1. The molecule has 2 fully saturated rings. The molecular formula is C22H23FN4OS. The number of halogens is 1. The molecule has 1 aliphatic carbocycles. The molecule has 3 aliphatic rings. The van der Waals surface area contributed by atoms with Crippen molar-refractivity contribution in [2.75, 3.05) is 18.8 Å². The molecule has 0 radical (unpaired) electrons. The number of hydrogen-bond acceptors (Lipinski definition) is 5. The van der Waals surface area contributed by atoms with Gasteiger partial charge in [-0.15, -0.1) is 0 Å². The molecule has 5 nitrogen and oxygen atoms in total. The highest BCUT2D eigenvalue weighted by molar-refractivity contribution is 8.13. The van der Waals surface area contributed by atoms with Crippen molar-refractivity contribution in [3.63, 3.8) is 0 Å². The summed E-state index contributed by atoms with van der Waals surface area (Å²) in [5, 5.41) is 0.552. The number of amidine groups is 1. The zero-order valence-electron chi connectivity index (χ0n) is 16.1. The van der Waals surface area contributed by atoms with Crippen LogP contribution in [0.2, 0.25) is 0 Å². The minimum Gasteiger partial charge on any atom is -0.379 e. The van der Waals surface area contributed by atoms with Crippen molar-refractivity contribution in [3.05, 3.63) is 54.1 Å². The van der Waals surface area contributed by atoms with E-state index in [1.54, 1.807) is 23.9 Å². The van der Waals surface area contributed by atoms with Crippen LogP contribution in [0.1, 0.15) is 24.8 Å². The van der Waals surface area contributed by atoms with E-state index in [9.17, 15) is 9.18 Å². The summed E-state index contributed by atoms with van der Waals surface area (Å²) in [7, 11) is 0. The van der Waals surface area contributed by atoms with Crippen molar-refractivity contribution in [2.24, 2.45) is 22.6 Å². The van der Waals surface area contributed by atoms with Crippen LogP contribution < -0.4 is 5.73 Å². The molecule has 2 N–H and O–H groups in total. The molecule has 29 heavy (non-hydrogen) atoms. The predicted molar refractivity (Wildman–Crippen MR) is 113 cm³/mol. The zero-order valence-corrected chi connectivity index (χ0v) is 16.9. The fraction of sp³-hybridized carbons (Fsp3) is 0.409.